The normalized spacial score (nSPS) is 22.1. The molecule has 1 saturated carbocycles. The largest absolute Gasteiger partial charge is 0.339 e. The molecule has 1 aromatic rings. The molecule has 0 heterocycles. The summed E-state index contributed by atoms with van der Waals surface area (Å²) in [4.78, 5) is 14.3. The van der Waals surface area contributed by atoms with E-state index in [1.165, 1.54) is 0 Å². The Labute approximate surface area is 120 Å². The van der Waals surface area contributed by atoms with E-state index in [9.17, 15) is 4.79 Å². The molecule has 20 heavy (non-hydrogen) atoms. The number of carbonyl (C=O) groups is 1. The van der Waals surface area contributed by atoms with E-state index in [1.54, 1.807) is 24.3 Å². The van der Waals surface area contributed by atoms with Gasteiger partial charge in [0.15, 0.2) is 0 Å². The topological polar surface area (TPSA) is 56.1 Å². The second-order valence-corrected chi connectivity index (χ2v) is 5.40. The lowest BCUT2D eigenvalue weighted by Crippen LogP contribution is -2.42. The summed E-state index contributed by atoms with van der Waals surface area (Å²) in [5, 5.41) is 12.1. The minimum Gasteiger partial charge on any atom is -0.339 e. The van der Waals surface area contributed by atoms with Gasteiger partial charge in [-0.15, -0.1) is 0 Å². The monoisotopic (exact) mass is 271 g/mol. The van der Waals surface area contributed by atoms with Crippen LogP contribution in [-0.4, -0.2) is 37.0 Å². The molecule has 0 aliphatic heterocycles. The van der Waals surface area contributed by atoms with Gasteiger partial charge >= 0.3 is 0 Å². The molecule has 2 rings (SSSR count). The van der Waals surface area contributed by atoms with Crippen LogP contribution in [0.4, 0.5) is 0 Å². The van der Waals surface area contributed by atoms with Gasteiger partial charge in [0.2, 0.25) is 0 Å². The number of carbonyl (C=O) groups excluding carboxylic acids is 1. The van der Waals surface area contributed by atoms with Crippen molar-refractivity contribution in [1.82, 2.24) is 10.2 Å². The molecule has 1 fully saturated rings. The smallest absolute Gasteiger partial charge is 0.253 e. The zero-order chi connectivity index (χ0) is 14.5. The van der Waals surface area contributed by atoms with Crippen LogP contribution in [0.1, 0.15) is 41.6 Å². The molecule has 0 aromatic heterocycles. The number of hydrogen-bond donors (Lipinski definition) is 1. The summed E-state index contributed by atoms with van der Waals surface area (Å²) in [5.74, 6) is 0.0439. The second-order valence-electron chi connectivity index (χ2n) is 5.40. The van der Waals surface area contributed by atoms with E-state index >= 15 is 0 Å². The fraction of sp³-hybridized carbons (Fsp3) is 0.500. The number of hydrogen-bond acceptors (Lipinski definition) is 3. The van der Waals surface area contributed by atoms with Crippen LogP contribution in [0.2, 0.25) is 0 Å². The van der Waals surface area contributed by atoms with Crippen molar-refractivity contribution in [2.45, 2.75) is 37.8 Å². The third-order valence-corrected chi connectivity index (χ3v) is 4.23. The summed E-state index contributed by atoms with van der Waals surface area (Å²) in [6.07, 6.45) is 4.33. The van der Waals surface area contributed by atoms with Crippen molar-refractivity contribution in [3.8, 4) is 6.07 Å². The van der Waals surface area contributed by atoms with E-state index in [-0.39, 0.29) is 5.91 Å². The van der Waals surface area contributed by atoms with Crippen LogP contribution in [0.15, 0.2) is 24.3 Å². The highest BCUT2D eigenvalue weighted by atomic mass is 16.2. The molecule has 0 radical (unpaired) electrons. The van der Waals surface area contributed by atoms with Crippen molar-refractivity contribution in [2.75, 3.05) is 14.1 Å². The Morgan fingerprint density at radius 3 is 2.35 bits per heavy atom. The molecule has 0 unspecified atom stereocenters. The molecule has 0 spiro atoms. The van der Waals surface area contributed by atoms with Crippen LogP contribution in [0.5, 0.6) is 0 Å². The van der Waals surface area contributed by atoms with E-state index in [1.807, 2.05) is 19.0 Å². The van der Waals surface area contributed by atoms with E-state index in [0.717, 1.165) is 25.7 Å². The number of nitriles is 1. The van der Waals surface area contributed by atoms with Gasteiger partial charge in [-0.2, -0.15) is 5.26 Å². The van der Waals surface area contributed by atoms with Crippen LogP contribution in [-0.2, 0) is 0 Å². The maximum atomic E-state index is 12.4. The lowest BCUT2D eigenvalue weighted by Gasteiger charge is -2.34. The molecule has 4 heteroatoms. The molecule has 1 amide bonds. The molecule has 1 aliphatic rings. The SMILES string of the molecule is CNC1CCC(N(C)C(=O)c2ccc(C#N)cc2)CC1. The van der Waals surface area contributed by atoms with Gasteiger partial charge < -0.3 is 10.2 Å². The first-order chi connectivity index (χ1) is 9.65. The Hall–Kier alpha value is -1.86. The predicted octanol–water partition coefficient (Wildman–Crippen LogP) is 2.16. The first kappa shape index (κ1) is 14.5. The van der Waals surface area contributed by atoms with Gasteiger partial charge in [-0.25, -0.2) is 0 Å². The zero-order valence-electron chi connectivity index (χ0n) is 12.1. The van der Waals surface area contributed by atoms with Gasteiger partial charge in [-0.3, -0.25) is 4.79 Å². The Balaban J connectivity index is 1.99. The van der Waals surface area contributed by atoms with E-state index in [4.69, 9.17) is 5.26 Å². The number of nitrogens with one attached hydrogen (secondary N) is 1. The third kappa shape index (κ3) is 3.17. The minimum absolute atomic E-state index is 0.0439. The van der Waals surface area contributed by atoms with E-state index in [2.05, 4.69) is 11.4 Å². The van der Waals surface area contributed by atoms with Crippen LogP contribution in [0, 0.1) is 11.3 Å². The van der Waals surface area contributed by atoms with Gasteiger partial charge in [-0.1, -0.05) is 0 Å². The summed E-state index contributed by atoms with van der Waals surface area (Å²) in [5.41, 5.74) is 1.24. The highest BCUT2D eigenvalue weighted by Crippen LogP contribution is 2.23. The molecular weight excluding hydrogens is 250 g/mol. The molecule has 106 valence electrons. The van der Waals surface area contributed by atoms with Crippen molar-refractivity contribution < 1.29 is 4.79 Å². The van der Waals surface area contributed by atoms with Crippen molar-refractivity contribution in [3.63, 3.8) is 0 Å². The predicted molar refractivity (Wildman–Crippen MR) is 78.4 cm³/mol. The molecule has 0 saturated heterocycles. The number of rotatable bonds is 3. The Morgan fingerprint density at radius 1 is 1.25 bits per heavy atom. The Kier molecular flexibility index (Phi) is 4.75. The number of nitrogens with zero attached hydrogens (tertiary/aromatic N) is 2. The molecule has 1 aliphatic carbocycles. The summed E-state index contributed by atoms with van der Waals surface area (Å²) in [6, 6.07) is 9.83. The van der Waals surface area contributed by atoms with Crippen LogP contribution in [0.25, 0.3) is 0 Å². The third-order valence-electron chi connectivity index (χ3n) is 4.23. The standard InChI is InChI=1S/C16H21N3O/c1-18-14-7-9-15(10-8-14)19(2)16(20)13-5-3-12(11-17)4-6-13/h3-6,14-15,18H,7-10H2,1-2H3. The van der Waals surface area contributed by atoms with Gasteiger partial charge in [-0.05, 0) is 57.0 Å². The van der Waals surface area contributed by atoms with Crippen LogP contribution < -0.4 is 5.32 Å². The summed E-state index contributed by atoms with van der Waals surface area (Å²) in [7, 11) is 3.88. The van der Waals surface area contributed by atoms with Crippen molar-refractivity contribution >= 4 is 5.91 Å². The Morgan fingerprint density at radius 2 is 1.85 bits per heavy atom. The second kappa shape index (κ2) is 6.53. The zero-order valence-corrected chi connectivity index (χ0v) is 12.1. The van der Waals surface area contributed by atoms with Gasteiger partial charge in [0.25, 0.3) is 5.91 Å². The lowest BCUT2D eigenvalue weighted by atomic mass is 9.90. The van der Waals surface area contributed by atoms with Crippen LogP contribution in [0.3, 0.4) is 0 Å². The molecule has 0 atom stereocenters. The van der Waals surface area contributed by atoms with E-state index in [0.29, 0.717) is 23.2 Å². The summed E-state index contributed by atoms with van der Waals surface area (Å²) < 4.78 is 0. The van der Waals surface area contributed by atoms with Gasteiger partial charge in [0.1, 0.15) is 0 Å². The maximum Gasteiger partial charge on any atom is 0.253 e. The van der Waals surface area contributed by atoms with Gasteiger partial charge in [0, 0.05) is 24.7 Å². The first-order valence-corrected chi connectivity index (χ1v) is 7.10. The molecule has 1 N–H and O–H groups in total. The lowest BCUT2D eigenvalue weighted by molar-refractivity contribution is 0.0685. The highest BCUT2D eigenvalue weighted by Gasteiger charge is 2.26. The summed E-state index contributed by atoms with van der Waals surface area (Å²) in [6.45, 7) is 0. The fourth-order valence-corrected chi connectivity index (χ4v) is 2.81. The van der Waals surface area contributed by atoms with Crippen molar-refractivity contribution in [2.24, 2.45) is 0 Å². The maximum absolute atomic E-state index is 12.4. The number of amides is 1. The highest BCUT2D eigenvalue weighted by molar-refractivity contribution is 5.94. The average Bonchev–Trinajstić information content (AvgIpc) is 2.53. The molecule has 4 nitrogen and oxygen atoms in total. The molecule has 1 aromatic carbocycles. The van der Waals surface area contributed by atoms with E-state index < -0.39 is 0 Å². The quantitative estimate of drug-likeness (QED) is 0.916. The fourth-order valence-electron chi connectivity index (χ4n) is 2.81. The minimum atomic E-state index is 0.0439. The molecular formula is C16H21N3O. The first-order valence-electron chi connectivity index (χ1n) is 7.10. The number of benzene rings is 1. The Bertz CT molecular complexity index is 495. The summed E-state index contributed by atoms with van der Waals surface area (Å²) >= 11 is 0. The average molecular weight is 271 g/mol. The van der Waals surface area contributed by atoms with Crippen molar-refractivity contribution in [1.29, 1.82) is 5.26 Å². The molecule has 0 bridgehead atoms. The van der Waals surface area contributed by atoms with Crippen molar-refractivity contribution in [3.05, 3.63) is 35.4 Å². The van der Waals surface area contributed by atoms with Crippen LogP contribution >= 0.6 is 0 Å². The van der Waals surface area contributed by atoms with Gasteiger partial charge in [0.05, 0.1) is 11.6 Å².